The fourth-order valence-corrected chi connectivity index (χ4v) is 1.29. The molecular weight excluding hydrogens is 272 g/mol. The molecule has 0 fully saturated rings. The summed E-state index contributed by atoms with van der Waals surface area (Å²) in [5.41, 5.74) is 6.35. The average molecular weight is 287 g/mol. The first kappa shape index (κ1) is 12.8. The molecule has 0 atom stereocenters. The number of halogens is 1. The van der Waals surface area contributed by atoms with Crippen molar-refractivity contribution in [1.82, 2.24) is 0 Å². The molecule has 0 aliphatic rings. The molecule has 5 heteroatoms. The van der Waals surface area contributed by atoms with E-state index in [1.54, 1.807) is 18.2 Å². The van der Waals surface area contributed by atoms with E-state index in [0.29, 0.717) is 11.4 Å². The van der Waals surface area contributed by atoms with Crippen LogP contribution in [0.15, 0.2) is 22.7 Å². The highest BCUT2D eigenvalue weighted by Gasteiger charge is 2.16. The van der Waals surface area contributed by atoms with Crippen LogP contribution in [0.1, 0.15) is 20.8 Å². The van der Waals surface area contributed by atoms with Gasteiger partial charge in [0.1, 0.15) is 5.60 Å². The van der Waals surface area contributed by atoms with Crippen molar-refractivity contribution in [2.24, 2.45) is 0 Å². The summed E-state index contributed by atoms with van der Waals surface area (Å²) in [6, 6.07) is 5.17. The standard InChI is InChI=1S/C11H15BrN2O2/c1-11(2,3)16-10(15)14-7-4-5-8(12)9(13)6-7/h4-6H,13H2,1-3H3,(H,14,15). The smallest absolute Gasteiger partial charge is 0.412 e. The molecule has 1 aromatic rings. The highest BCUT2D eigenvalue weighted by Crippen LogP contribution is 2.23. The minimum absolute atomic E-state index is 0.491. The van der Waals surface area contributed by atoms with E-state index in [4.69, 9.17) is 10.5 Å². The predicted molar refractivity (Wildman–Crippen MR) is 68.4 cm³/mol. The first-order valence-electron chi connectivity index (χ1n) is 4.83. The molecule has 16 heavy (non-hydrogen) atoms. The summed E-state index contributed by atoms with van der Waals surface area (Å²) in [6.07, 6.45) is -0.491. The van der Waals surface area contributed by atoms with E-state index in [2.05, 4.69) is 21.2 Å². The maximum Gasteiger partial charge on any atom is 0.412 e. The number of benzene rings is 1. The van der Waals surface area contributed by atoms with E-state index in [9.17, 15) is 4.79 Å². The molecule has 0 aromatic heterocycles. The zero-order valence-corrected chi connectivity index (χ0v) is 11.1. The van der Waals surface area contributed by atoms with Crippen LogP contribution in [-0.4, -0.2) is 11.7 Å². The zero-order chi connectivity index (χ0) is 12.3. The Bertz CT molecular complexity index is 399. The molecule has 0 aliphatic carbocycles. The van der Waals surface area contributed by atoms with E-state index >= 15 is 0 Å². The van der Waals surface area contributed by atoms with E-state index in [1.807, 2.05) is 20.8 Å². The Hall–Kier alpha value is -1.23. The van der Waals surface area contributed by atoms with Gasteiger partial charge in [-0.2, -0.15) is 0 Å². The second-order valence-corrected chi connectivity index (χ2v) is 5.22. The molecule has 3 N–H and O–H groups in total. The van der Waals surface area contributed by atoms with Crippen molar-refractivity contribution in [2.75, 3.05) is 11.1 Å². The number of nitrogens with one attached hydrogen (secondary N) is 1. The lowest BCUT2D eigenvalue weighted by atomic mass is 10.2. The lowest BCUT2D eigenvalue weighted by molar-refractivity contribution is 0.0636. The molecule has 4 nitrogen and oxygen atoms in total. The summed E-state index contributed by atoms with van der Waals surface area (Å²) >= 11 is 3.28. The molecule has 0 aliphatic heterocycles. The van der Waals surface area contributed by atoms with Crippen LogP contribution in [0.3, 0.4) is 0 Å². The van der Waals surface area contributed by atoms with E-state index in [-0.39, 0.29) is 0 Å². The third-order valence-corrected chi connectivity index (χ3v) is 2.36. The summed E-state index contributed by atoms with van der Waals surface area (Å²) in [7, 11) is 0. The van der Waals surface area contributed by atoms with Crippen LogP contribution in [0, 0.1) is 0 Å². The summed E-state index contributed by atoms with van der Waals surface area (Å²) in [5.74, 6) is 0. The second-order valence-electron chi connectivity index (χ2n) is 4.36. The minimum Gasteiger partial charge on any atom is -0.444 e. The van der Waals surface area contributed by atoms with E-state index in [0.717, 1.165) is 4.47 Å². The van der Waals surface area contributed by atoms with Gasteiger partial charge < -0.3 is 10.5 Å². The Kier molecular flexibility index (Phi) is 3.80. The van der Waals surface area contributed by atoms with E-state index in [1.165, 1.54) is 0 Å². The highest BCUT2D eigenvalue weighted by molar-refractivity contribution is 9.10. The third-order valence-electron chi connectivity index (χ3n) is 1.64. The van der Waals surface area contributed by atoms with Gasteiger partial charge in [0.15, 0.2) is 0 Å². The van der Waals surface area contributed by atoms with Crippen molar-refractivity contribution >= 4 is 33.4 Å². The molecule has 1 aromatic carbocycles. The van der Waals surface area contributed by atoms with Crippen molar-refractivity contribution in [3.8, 4) is 0 Å². The molecule has 0 spiro atoms. The van der Waals surface area contributed by atoms with Crippen molar-refractivity contribution in [3.63, 3.8) is 0 Å². The Morgan fingerprint density at radius 2 is 2.06 bits per heavy atom. The molecule has 0 unspecified atom stereocenters. The van der Waals surface area contributed by atoms with Gasteiger partial charge >= 0.3 is 6.09 Å². The quantitative estimate of drug-likeness (QED) is 0.778. The molecule has 88 valence electrons. The number of nitrogen functional groups attached to an aromatic ring is 1. The largest absolute Gasteiger partial charge is 0.444 e. The molecule has 0 saturated carbocycles. The van der Waals surface area contributed by atoms with Crippen LogP contribution < -0.4 is 11.1 Å². The van der Waals surface area contributed by atoms with Crippen LogP contribution in [0.4, 0.5) is 16.2 Å². The lowest BCUT2D eigenvalue weighted by Crippen LogP contribution is -2.27. The fraction of sp³-hybridized carbons (Fsp3) is 0.364. The summed E-state index contributed by atoms with van der Waals surface area (Å²) in [6.45, 7) is 5.42. The first-order chi connectivity index (χ1) is 7.28. The van der Waals surface area contributed by atoms with Crippen LogP contribution >= 0.6 is 15.9 Å². The lowest BCUT2D eigenvalue weighted by Gasteiger charge is -2.19. The Morgan fingerprint density at radius 3 is 2.56 bits per heavy atom. The van der Waals surface area contributed by atoms with Crippen LogP contribution in [-0.2, 0) is 4.74 Å². The van der Waals surface area contributed by atoms with Crippen molar-refractivity contribution < 1.29 is 9.53 Å². The van der Waals surface area contributed by atoms with Crippen LogP contribution in [0.5, 0.6) is 0 Å². The number of carbonyl (C=O) groups excluding carboxylic acids is 1. The van der Waals surface area contributed by atoms with Crippen LogP contribution in [0.2, 0.25) is 0 Å². The zero-order valence-electron chi connectivity index (χ0n) is 9.50. The number of hydrogen-bond acceptors (Lipinski definition) is 3. The number of carbonyl (C=O) groups is 1. The molecule has 0 bridgehead atoms. The molecule has 0 radical (unpaired) electrons. The van der Waals surface area contributed by atoms with Gasteiger partial charge in [0.2, 0.25) is 0 Å². The Labute approximate surface area is 103 Å². The predicted octanol–water partition coefficient (Wildman–Crippen LogP) is 3.38. The van der Waals surface area contributed by atoms with Gasteiger partial charge in [0, 0.05) is 15.8 Å². The second kappa shape index (κ2) is 4.74. The van der Waals surface area contributed by atoms with Gasteiger partial charge in [-0.15, -0.1) is 0 Å². The Morgan fingerprint density at radius 1 is 1.44 bits per heavy atom. The minimum atomic E-state index is -0.509. The van der Waals surface area contributed by atoms with Crippen LogP contribution in [0.25, 0.3) is 0 Å². The molecule has 0 heterocycles. The number of nitrogens with two attached hydrogens (primary N) is 1. The summed E-state index contributed by atoms with van der Waals surface area (Å²) in [4.78, 5) is 11.4. The molecule has 1 rings (SSSR count). The van der Waals surface area contributed by atoms with Gasteiger partial charge in [-0.1, -0.05) is 0 Å². The number of amides is 1. The fourth-order valence-electron chi connectivity index (χ4n) is 1.04. The molecule has 0 saturated heterocycles. The summed E-state index contributed by atoms with van der Waals surface area (Å²) < 4.78 is 5.90. The normalized spacial score (nSPS) is 11.0. The van der Waals surface area contributed by atoms with Crippen molar-refractivity contribution in [2.45, 2.75) is 26.4 Å². The van der Waals surface area contributed by atoms with Gasteiger partial charge in [-0.25, -0.2) is 4.79 Å². The van der Waals surface area contributed by atoms with Gasteiger partial charge in [0.05, 0.1) is 0 Å². The van der Waals surface area contributed by atoms with Gasteiger partial charge in [0.25, 0.3) is 0 Å². The van der Waals surface area contributed by atoms with Gasteiger partial charge in [-0.05, 0) is 54.9 Å². The third kappa shape index (κ3) is 4.10. The number of anilines is 2. The average Bonchev–Trinajstić information content (AvgIpc) is 2.08. The maximum atomic E-state index is 11.4. The Balaban J connectivity index is 2.67. The highest BCUT2D eigenvalue weighted by atomic mass is 79.9. The topological polar surface area (TPSA) is 64.3 Å². The molecular formula is C11H15BrN2O2. The summed E-state index contributed by atoms with van der Waals surface area (Å²) in [5, 5.41) is 2.60. The van der Waals surface area contributed by atoms with Crippen molar-refractivity contribution in [1.29, 1.82) is 0 Å². The van der Waals surface area contributed by atoms with E-state index < -0.39 is 11.7 Å². The monoisotopic (exact) mass is 286 g/mol. The SMILES string of the molecule is CC(C)(C)OC(=O)Nc1ccc(Br)c(N)c1. The number of hydrogen-bond donors (Lipinski definition) is 2. The number of ether oxygens (including phenoxy) is 1. The first-order valence-corrected chi connectivity index (χ1v) is 5.62. The maximum absolute atomic E-state index is 11.4. The molecule has 1 amide bonds. The van der Waals surface area contributed by atoms with Gasteiger partial charge in [-0.3, -0.25) is 5.32 Å². The number of rotatable bonds is 1. The van der Waals surface area contributed by atoms with Crippen molar-refractivity contribution in [3.05, 3.63) is 22.7 Å².